The summed E-state index contributed by atoms with van der Waals surface area (Å²) in [6.45, 7) is 1.68. The van der Waals surface area contributed by atoms with Crippen LogP contribution in [0, 0.1) is 0 Å². The molecule has 7 heteroatoms. The standard InChI is InChI=1S/C22H24N4O2S/c1-26(2)12-11-23-21(27)18-10-6-7-16(13-18)14-24-22(28)19-20(29-15-25-19)17-8-4-3-5-9-17/h3-10,13,15H,11-12,14H2,1-2H3,(H,23,27)(H,24,28). The van der Waals surface area contributed by atoms with Crippen molar-refractivity contribution in [2.24, 2.45) is 0 Å². The minimum absolute atomic E-state index is 0.120. The van der Waals surface area contributed by atoms with E-state index in [4.69, 9.17) is 0 Å². The number of rotatable bonds is 8. The zero-order valence-corrected chi connectivity index (χ0v) is 17.3. The number of nitrogens with zero attached hydrogens (tertiary/aromatic N) is 2. The average Bonchev–Trinajstić information content (AvgIpc) is 3.22. The molecular formula is C22H24N4O2S. The average molecular weight is 409 g/mol. The quantitative estimate of drug-likeness (QED) is 0.601. The molecule has 2 aromatic carbocycles. The van der Waals surface area contributed by atoms with Crippen molar-refractivity contribution in [3.63, 3.8) is 0 Å². The van der Waals surface area contributed by atoms with Crippen LogP contribution in [0.25, 0.3) is 10.4 Å². The summed E-state index contributed by atoms with van der Waals surface area (Å²) < 4.78 is 0. The lowest BCUT2D eigenvalue weighted by Crippen LogP contribution is -2.31. The van der Waals surface area contributed by atoms with E-state index in [1.807, 2.05) is 61.5 Å². The number of carbonyl (C=O) groups is 2. The van der Waals surface area contributed by atoms with E-state index in [2.05, 4.69) is 15.6 Å². The highest BCUT2D eigenvalue weighted by Crippen LogP contribution is 2.27. The molecule has 3 rings (SSSR count). The van der Waals surface area contributed by atoms with E-state index in [0.29, 0.717) is 24.3 Å². The van der Waals surface area contributed by atoms with Crippen molar-refractivity contribution in [3.05, 3.63) is 76.9 Å². The van der Waals surface area contributed by atoms with Crippen molar-refractivity contribution in [2.45, 2.75) is 6.54 Å². The fraction of sp³-hybridized carbons (Fsp3) is 0.227. The van der Waals surface area contributed by atoms with Crippen molar-refractivity contribution < 1.29 is 9.59 Å². The van der Waals surface area contributed by atoms with Gasteiger partial charge in [-0.3, -0.25) is 9.59 Å². The van der Waals surface area contributed by atoms with E-state index in [1.165, 1.54) is 11.3 Å². The van der Waals surface area contributed by atoms with Gasteiger partial charge >= 0.3 is 0 Å². The van der Waals surface area contributed by atoms with Gasteiger partial charge in [0.15, 0.2) is 0 Å². The molecule has 0 saturated heterocycles. The summed E-state index contributed by atoms with van der Waals surface area (Å²) in [4.78, 5) is 32.0. The van der Waals surface area contributed by atoms with Crippen LogP contribution in [-0.2, 0) is 6.54 Å². The topological polar surface area (TPSA) is 74.3 Å². The Hall–Kier alpha value is -3.03. The normalized spacial score (nSPS) is 10.7. The van der Waals surface area contributed by atoms with Crippen molar-refractivity contribution >= 4 is 23.2 Å². The fourth-order valence-electron chi connectivity index (χ4n) is 2.79. The summed E-state index contributed by atoms with van der Waals surface area (Å²) in [5.41, 5.74) is 4.50. The number of amides is 2. The molecule has 3 aromatic rings. The Morgan fingerprint density at radius 1 is 1.00 bits per heavy atom. The molecule has 0 fully saturated rings. The first-order valence-electron chi connectivity index (χ1n) is 9.33. The van der Waals surface area contributed by atoms with E-state index in [-0.39, 0.29) is 11.8 Å². The Morgan fingerprint density at radius 3 is 2.55 bits per heavy atom. The number of benzene rings is 2. The largest absolute Gasteiger partial charge is 0.351 e. The van der Waals surface area contributed by atoms with E-state index in [9.17, 15) is 9.59 Å². The predicted octanol–water partition coefficient (Wildman–Crippen LogP) is 3.03. The SMILES string of the molecule is CN(C)CCNC(=O)c1cccc(CNC(=O)c2ncsc2-c2ccccc2)c1. The molecule has 2 amide bonds. The van der Waals surface area contributed by atoms with Gasteiger partial charge in [-0.2, -0.15) is 0 Å². The Kier molecular flexibility index (Phi) is 7.10. The van der Waals surface area contributed by atoms with Gasteiger partial charge in [0.05, 0.1) is 10.4 Å². The summed E-state index contributed by atoms with van der Waals surface area (Å²) in [5.74, 6) is -0.350. The van der Waals surface area contributed by atoms with Gasteiger partial charge in [0, 0.05) is 25.2 Å². The second-order valence-electron chi connectivity index (χ2n) is 6.84. The predicted molar refractivity (Wildman–Crippen MR) is 116 cm³/mol. The smallest absolute Gasteiger partial charge is 0.271 e. The summed E-state index contributed by atoms with van der Waals surface area (Å²) in [6.07, 6.45) is 0. The van der Waals surface area contributed by atoms with Gasteiger partial charge < -0.3 is 15.5 Å². The second-order valence-corrected chi connectivity index (χ2v) is 7.69. The highest BCUT2D eigenvalue weighted by molar-refractivity contribution is 7.13. The van der Waals surface area contributed by atoms with Crippen molar-refractivity contribution in [3.8, 4) is 10.4 Å². The highest BCUT2D eigenvalue weighted by atomic mass is 32.1. The molecule has 0 unspecified atom stereocenters. The molecule has 1 aromatic heterocycles. The van der Waals surface area contributed by atoms with E-state index < -0.39 is 0 Å². The van der Waals surface area contributed by atoms with Gasteiger partial charge in [-0.15, -0.1) is 11.3 Å². The molecule has 150 valence electrons. The number of thiazole rings is 1. The second kappa shape index (κ2) is 9.95. The first-order valence-corrected chi connectivity index (χ1v) is 10.2. The van der Waals surface area contributed by atoms with Gasteiger partial charge in [0.2, 0.25) is 0 Å². The Bertz CT molecular complexity index is 970. The molecule has 29 heavy (non-hydrogen) atoms. The van der Waals surface area contributed by atoms with Gasteiger partial charge in [0.1, 0.15) is 5.69 Å². The third-order valence-corrected chi connectivity index (χ3v) is 5.18. The number of hydrogen-bond donors (Lipinski definition) is 2. The fourth-order valence-corrected chi connectivity index (χ4v) is 3.58. The Balaban J connectivity index is 1.62. The Morgan fingerprint density at radius 2 is 1.79 bits per heavy atom. The molecule has 0 aliphatic carbocycles. The number of nitrogens with one attached hydrogen (secondary N) is 2. The molecular weight excluding hydrogens is 384 g/mol. The monoisotopic (exact) mass is 408 g/mol. The number of likely N-dealkylation sites (N-methyl/N-ethyl adjacent to an activating group) is 1. The number of carbonyl (C=O) groups excluding carboxylic acids is 2. The first-order chi connectivity index (χ1) is 14.0. The molecule has 0 spiro atoms. The van der Waals surface area contributed by atoms with Crippen molar-refractivity contribution in [2.75, 3.05) is 27.2 Å². The van der Waals surface area contributed by atoms with Crippen LogP contribution in [0.1, 0.15) is 26.4 Å². The maximum absolute atomic E-state index is 12.6. The molecule has 0 saturated carbocycles. The van der Waals surface area contributed by atoms with Crippen LogP contribution < -0.4 is 10.6 Å². The maximum Gasteiger partial charge on any atom is 0.271 e. The zero-order chi connectivity index (χ0) is 20.6. The van der Waals surface area contributed by atoms with Crippen LogP contribution in [0.5, 0.6) is 0 Å². The van der Waals surface area contributed by atoms with Gasteiger partial charge in [0.25, 0.3) is 11.8 Å². The third-order valence-electron chi connectivity index (χ3n) is 4.31. The summed E-state index contributed by atoms with van der Waals surface area (Å²) >= 11 is 1.44. The van der Waals surface area contributed by atoms with Crippen LogP contribution in [-0.4, -0.2) is 48.9 Å². The molecule has 2 N–H and O–H groups in total. The van der Waals surface area contributed by atoms with Crippen LogP contribution in [0.4, 0.5) is 0 Å². The van der Waals surface area contributed by atoms with E-state index in [0.717, 1.165) is 22.5 Å². The lowest BCUT2D eigenvalue weighted by atomic mass is 10.1. The molecule has 0 bridgehead atoms. The maximum atomic E-state index is 12.6. The highest BCUT2D eigenvalue weighted by Gasteiger charge is 2.16. The molecule has 0 atom stereocenters. The van der Waals surface area contributed by atoms with Crippen LogP contribution in [0.15, 0.2) is 60.1 Å². The van der Waals surface area contributed by atoms with Gasteiger partial charge in [-0.05, 0) is 37.4 Å². The Labute approximate surface area is 174 Å². The molecule has 0 aliphatic rings. The van der Waals surface area contributed by atoms with Crippen molar-refractivity contribution in [1.29, 1.82) is 0 Å². The molecule has 6 nitrogen and oxygen atoms in total. The van der Waals surface area contributed by atoms with Gasteiger partial charge in [-0.25, -0.2) is 4.98 Å². The third kappa shape index (κ3) is 5.73. The lowest BCUT2D eigenvalue weighted by Gasteiger charge is -2.11. The van der Waals surface area contributed by atoms with Gasteiger partial charge in [-0.1, -0.05) is 42.5 Å². The number of hydrogen-bond acceptors (Lipinski definition) is 5. The number of aromatic nitrogens is 1. The first kappa shape index (κ1) is 20.7. The minimum atomic E-state index is -0.231. The minimum Gasteiger partial charge on any atom is -0.351 e. The van der Waals surface area contributed by atoms with E-state index in [1.54, 1.807) is 17.6 Å². The molecule has 1 heterocycles. The molecule has 0 radical (unpaired) electrons. The van der Waals surface area contributed by atoms with Crippen LogP contribution in [0.3, 0.4) is 0 Å². The van der Waals surface area contributed by atoms with Crippen molar-refractivity contribution in [1.82, 2.24) is 20.5 Å². The zero-order valence-electron chi connectivity index (χ0n) is 16.5. The van der Waals surface area contributed by atoms with E-state index >= 15 is 0 Å². The summed E-state index contributed by atoms with van der Waals surface area (Å²) in [6, 6.07) is 17.0. The summed E-state index contributed by atoms with van der Waals surface area (Å²) in [5, 5.41) is 5.80. The summed E-state index contributed by atoms with van der Waals surface area (Å²) in [7, 11) is 3.92. The van der Waals surface area contributed by atoms with Crippen LogP contribution in [0.2, 0.25) is 0 Å². The van der Waals surface area contributed by atoms with Crippen LogP contribution >= 0.6 is 11.3 Å². The molecule has 0 aliphatic heterocycles. The lowest BCUT2D eigenvalue weighted by molar-refractivity contribution is 0.0943.